The maximum Gasteiger partial charge on any atom is 0.306 e. The Morgan fingerprint density at radius 1 is 1.35 bits per heavy atom. The molecular weight excluding hydrogens is 260 g/mol. The van der Waals surface area contributed by atoms with Crippen molar-refractivity contribution in [1.29, 1.82) is 0 Å². The molecule has 0 aromatic heterocycles. The highest BCUT2D eigenvalue weighted by molar-refractivity contribution is 5.69. The van der Waals surface area contributed by atoms with Gasteiger partial charge < -0.3 is 19.7 Å². The number of rotatable bonds is 1. The average Bonchev–Trinajstić information content (AvgIpc) is 2.43. The smallest absolute Gasteiger partial charge is 0.306 e. The van der Waals surface area contributed by atoms with Crippen LogP contribution in [0.3, 0.4) is 0 Å². The molecule has 0 amide bonds. The van der Waals surface area contributed by atoms with Gasteiger partial charge in [0.2, 0.25) is 0 Å². The molecule has 2 N–H and O–H groups in total. The molecule has 0 aromatic carbocycles. The first-order valence-electron chi connectivity index (χ1n) is 6.93. The quantitative estimate of drug-likeness (QED) is 0.561. The van der Waals surface area contributed by atoms with Crippen LogP contribution in [0.4, 0.5) is 0 Å². The lowest BCUT2D eigenvalue weighted by Crippen LogP contribution is -2.36. The summed E-state index contributed by atoms with van der Waals surface area (Å²) in [4.78, 5) is 11.4. The van der Waals surface area contributed by atoms with Crippen molar-refractivity contribution in [2.45, 2.75) is 50.9 Å². The van der Waals surface area contributed by atoms with Gasteiger partial charge >= 0.3 is 5.97 Å². The van der Waals surface area contributed by atoms with Crippen LogP contribution in [0, 0.1) is 0 Å². The van der Waals surface area contributed by atoms with Crippen molar-refractivity contribution in [2.75, 3.05) is 13.7 Å². The molecule has 0 aliphatic carbocycles. The second-order valence-electron chi connectivity index (χ2n) is 5.03. The molecule has 1 heterocycles. The van der Waals surface area contributed by atoms with Gasteiger partial charge in [0.25, 0.3) is 0 Å². The lowest BCUT2D eigenvalue weighted by atomic mass is 10.0. The number of allylic oxidation sites excluding steroid dienone is 1. The standard InChI is InChI=1S/C15H24O5/c1-11-9-12(16)15(18)13(19-2)7-5-3-4-6-8-14(17)20-10-11/h5,7,9,12-13,15-16,18H,3-4,6,8,10H2,1-2H3/b7-5-,11-9+/t12-,13?,15-/m0/s1. The predicted octanol–water partition coefficient (Wildman–Crippen LogP) is 1.34. The Morgan fingerprint density at radius 2 is 2.10 bits per heavy atom. The number of carbonyl (C=O) groups excluding carboxylic acids is 1. The molecule has 1 aliphatic rings. The topological polar surface area (TPSA) is 76.0 Å². The summed E-state index contributed by atoms with van der Waals surface area (Å²) in [5.41, 5.74) is 0.695. The van der Waals surface area contributed by atoms with Crippen molar-refractivity contribution in [3.8, 4) is 0 Å². The van der Waals surface area contributed by atoms with Crippen LogP contribution in [0.1, 0.15) is 32.6 Å². The van der Waals surface area contributed by atoms with Crippen molar-refractivity contribution in [3.05, 3.63) is 23.8 Å². The molecule has 0 saturated heterocycles. The molecule has 0 aromatic rings. The zero-order valence-electron chi connectivity index (χ0n) is 12.1. The molecule has 1 aliphatic heterocycles. The van der Waals surface area contributed by atoms with E-state index in [0.29, 0.717) is 12.0 Å². The minimum atomic E-state index is -1.06. The van der Waals surface area contributed by atoms with Gasteiger partial charge in [-0.15, -0.1) is 0 Å². The van der Waals surface area contributed by atoms with Gasteiger partial charge in [0, 0.05) is 13.5 Å². The van der Waals surface area contributed by atoms with Gasteiger partial charge in [-0.25, -0.2) is 0 Å². The van der Waals surface area contributed by atoms with E-state index in [1.54, 1.807) is 13.0 Å². The molecule has 0 fully saturated rings. The first kappa shape index (κ1) is 16.9. The largest absolute Gasteiger partial charge is 0.461 e. The van der Waals surface area contributed by atoms with Crippen molar-refractivity contribution in [3.63, 3.8) is 0 Å². The van der Waals surface area contributed by atoms with Gasteiger partial charge in [-0.2, -0.15) is 0 Å². The summed E-state index contributed by atoms with van der Waals surface area (Å²) in [6.45, 7) is 1.88. The van der Waals surface area contributed by atoms with Gasteiger partial charge in [0.1, 0.15) is 24.9 Å². The lowest BCUT2D eigenvalue weighted by molar-refractivity contribution is -0.142. The third kappa shape index (κ3) is 5.86. The molecule has 0 bridgehead atoms. The van der Waals surface area contributed by atoms with Crippen LogP contribution in [-0.2, 0) is 14.3 Å². The van der Waals surface area contributed by atoms with Gasteiger partial charge in [-0.1, -0.05) is 18.2 Å². The molecule has 3 atom stereocenters. The Hall–Kier alpha value is -1.17. The Balaban J connectivity index is 2.78. The van der Waals surface area contributed by atoms with Crippen LogP contribution in [0.5, 0.6) is 0 Å². The molecule has 0 radical (unpaired) electrons. The minimum Gasteiger partial charge on any atom is -0.461 e. The zero-order valence-corrected chi connectivity index (χ0v) is 12.1. The number of carbonyl (C=O) groups is 1. The fraction of sp³-hybridized carbons (Fsp3) is 0.667. The van der Waals surface area contributed by atoms with Crippen molar-refractivity contribution < 1.29 is 24.5 Å². The SMILES string of the molecule is COC1/C=C\CCCCC(=O)OC/C(C)=C/[C@H](O)[C@@H]1O. The molecule has 5 nitrogen and oxygen atoms in total. The minimum absolute atomic E-state index is 0.135. The zero-order chi connectivity index (χ0) is 15.0. The first-order valence-corrected chi connectivity index (χ1v) is 6.93. The van der Waals surface area contributed by atoms with Gasteiger partial charge in [0.15, 0.2) is 0 Å². The van der Waals surface area contributed by atoms with Crippen LogP contribution >= 0.6 is 0 Å². The molecule has 114 valence electrons. The number of methoxy groups -OCH3 is 1. The summed E-state index contributed by atoms with van der Waals surface area (Å²) in [5, 5.41) is 20.0. The number of hydrogen-bond donors (Lipinski definition) is 2. The van der Waals surface area contributed by atoms with Crippen LogP contribution in [-0.4, -0.2) is 48.2 Å². The number of aliphatic hydroxyl groups is 2. The van der Waals surface area contributed by atoms with E-state index in [9.17, 15) is 15.0 Å². The van der Waals surface area contributed by atoms with E-state index in [4.69, 9.17) is 9.47 Å². The van der Waals surface area contributed by atoms with E-state index in [2.05, 4.69) is 0 Å². The van der Waals surface area contributed by atoms with E-state index in [0.717, 1.165) is 19.3 Å². The number of aliphatic hydroxyl groups excluding tert-OH is 2. The third-order valence-electron chi connectivity index (χ3n) is 3.20. The van der Waals surface area contributed by atoms with E-state index in [-0.39, 0.29) is 12.6 Å². The number of esters is 1. The summed E-state index contributed by atoms with van der Waals surface area (Å²) in [7, 11) is 1.49. The monoisotopic (exact) mass is 284 g/mol. The molecule has 0 spiro atoms. The molecule has 1 unspecified atom stereocenters. The van der Waals surface area contributed by atoms with Gasteiger partial charge in [-0.05, 0) is 31.8 Å². The fourth-order valence-corrected chi connectivity index (χ4v) is 1.99. The first-order chi connectivity index (χ1) is 9.54. The summed E-state index contributed by atoms with van der Waals surface area (Å²) in [6, 6.07) is 0. The normalized spacial score (nSPS) is 34.5. The maximum absolute atomic E-state index is 11.4. The van der Waals surface area contributed by atoms with E-state index >= 15 is 0 Å². The third-order valence-corrected chi connectivity index (χ3v) is 3.20. The second-order valence-corrected chi connectivity index (χ2v) is 5.03. The Kier molecular flexibility index (Phi) is 7.51. The highest BCUT2D eigenvalue weighted by atomic mass is 16.5. The highest BCUT2D eigenvalue weighted by Gasteiger charge is 2.23. The Morgan fingerprint density at radius 3 is 2.80 bits per heavy atom. The molecule has 1 rings (SSSR count). The Labute approximate surface area is 119 Å². The highest BCUT2D eigenvalue weighted by Crippen LogP contribution is 2.12. The number of cyclic esters (lactones) is 1. The van der Waals surface area contributed by atoms with Gasteiger partial charge in [0.05, 0.1) is 0 Å². The second kappa shape index (κ2) is 8.89. The Bertz CT molecular complexity index is 361. The van der Waals surface area contributed by atoms with Crippen LogP contribution in [0.25, 0.3) is 0 Å². The summed E-state index contributed by atoms with van der Waals surface area (Å²) in [5.74, 6) is -0.233. The molecule has 20 heavy (non-hydrogen) atoms. The van der Waals surface area contributed by atoms with Gasteiger partial charge in [-0.3, -0.25) is 4.79 Å². The average molecular weight is 284 g/mol. The van der Waals surface area contributed by atoms with E-state index < -0.39 is 18.3 Å². The van der Waals surface area contributed by atoms with E-state index in [1.165, 1.54) is 13.2 Å². The van der Waals surface area contributed by atoms with E-state index in [1.807, 2.05) is 6.08 Å². The summed E-state index contributed by atoms with van der Waals surface area (Å²) >= 11 is 0. The van der Waals surface area contributed by atoms with Crippen molar-refractivity contribution in [1.82, 2.24) is 0 Å². The predicted molar refractivity (Wildman–Crippen MR) is 75.1 cm³/mol. The number of ether oxygens (including phenoxy) is 2. The molecular formula is C15H24O5. The lowest BCUT2D eigenvalue weighted by Gasteiger charge is -2.22. The van der Waals surface area contributed by atoms with Crippen LogP contribution in [0.2, 0.25) is 0 Å². The van der Waals surface area contributed by atoms with Crippen molar-refractivity contribution >= 4 is 5.97 Å². The summed E-state index contributed by atoms with van der Waals surface area (Å²) < 4.78 is 10.3. The van der Waals surface area contributed by atoms with Crippen LogP contribution < -0.4 is 0 Å². The fourth-order valence-electron chi connectivity index (χ4n) is 1.99. The maximum atomic E-state index is 11.4. The number of hydrogen-bond acceptors (Lipinski definition) is 5. The van der Waals surface area contributed by atoms with Crippen molar-refractivity contribution in [2.24, 2.45) is 0 Å². The molecule has 5 heteroatoms. The molecule has 0 saturated carbocycles. The van der Waals surface area contributed by atoms with Crippen LogP contribution in [0.15, 0.2) is 23.8 Å². The summed E-state index contributed by atoms with van der Waals surface area (Å²) in [6.07, 6.45) is 5.31.